The predicted octanol–water partition coefficient (Wildman–Crippen LogP) is 6.54. The van der Waals surface area contributed by atoms with Crippen molar-refractivity contribution >= 4 is 0 Å². The lowest BCUT2D eigenvalue weighted by Crippen LogP contribution is -2.29. The summed E-state index contributed by atoms with van der Waals surface area (Å²) in [5.74, 6) is 0.0457. The third-order valence-electron chi connectivity index (χ3n) is 5.86. The van der Waals surface area contributed by atoms with E-state index in [1.54, 1.807) is 4.68 Å². The number of aromatic hydroxyl groups is 1. The Hall–Kier alpha value is -3.06. The van der Waals surface area contributed by atoms with Crippen molar-refractivity contribution in [1.82, 2.24) is 9.78 Å². The molecule has 0 bridgehead atoms. The van der Waals surface area contributed by atoms with E-state index in [0.29, 0.717) is 12.0 Å². The second-order valence-electron chi connectivity index (χ2n) is 9.05. The molecule has 0 saturated heterocycles. The molecule has 0 unspecified atom stereocenters. The summed E-state index contributed by atoms with van der Waals surface area (Å²) in [5, 5.41) is 25.2. The summed E-state index contributed by atoms with van der Waals surface area (Å²) in [6, 6.07) is 18.7. The van der Waals surface area contributed by atoms with Crippen molar-refractivity contribution in [2.45, 2.75) is 71.8 Å². The fourth-order valence-electron chi connectivity index (χ4n) is 4.05. The zero-order valence-corrected chi connectivity index (χ0v) is 19.2. The van der Waals surface area contributed by atoms with Crippen LogP contribution in [0.1, 0.15) is 68.8 Å². The van der Waals surface area contributed by atoms with Gasteiger partial charge in [0.2, 0.25) is 5.88 Å². The maximum atomic E-state index is 11.1. The van der Waals surface area contributed by atoms with Crippen molar-refractivity contribution < 1.29 is 5.11 Å². The summed E-state index contributed by atoms with van der Waals surface area (Å²) >= 11 is 0. The average Bonchev–Trinajstić information content (AvgIpc) is 3.10. The number of rotatable bonds is 9. The number of hydrogen-bond acceptors (Lipinski definition) is 3. The van der Waals surface area contributed by atoms with Crippen LogP contribution in [-0.4, -0.2) is 14.9 Å². The van der Waals surface area contributed by atoms with Crippen molar-refractivity contribution in [2.75, 3.05) is 0 Å². The van der Waals surface area contributed by atoms with Crippen LogP contribution in [0.15, 0.2) is 48.5 Å². The number of aryl methyl sites for hydroxylation is 2. The number of benzene rings is 2. The van der Waals surface area contributed by atoms with Gasteiger partial charge in [-0.25, -0.2) is 4.68 Å². The van der Waals surface area contributed by atoms with Gasteiger partial charge in [-0.05, 0) is 56.7 Å². The molecule has 0 saturated carbocycles. The third kappa shape index (κ3) is 5.35. The largest absolute Gasteiger partial charge is 0.493 e. The molecule has 3 aromatic rings. The van der Waals surface area contributed by atoms with Crippen LogP contribution in [0.4, 0.5) is 0 Å². The molecule has 4 nitrogen and oxygen atoms in total. The van der Waals surface area contributed by atoms with E-state index >= 15 is 0 Å². The summed E-state index contributed by atoms with van der Waals surface area (Å²) < 4.78 is 1.60. The first kappa shape index (κ1) is 22.6. The number of nitriles is 1. The minimum atomic E-state index is -0.484. The van der Waals surface area contributed by atoms with Gasteiger partial charge in [0.15, 0.2) is 5.69 Å². The Balaban J connectivity index is 1.85. The van der Waals surface area contributed by atoms with Gasteiger partial charge < -0.3 is 5.11 Å². The first-order valence-electron chi connectivity index (χ1n) is 11.2. The van der Waals surface area contributed by atoms with Crippen molar-refractivity contribution in [3.05, 3.63) is 70.9 Å². The molecule has 0 aliphatic carbocycles. The third-order valence-corrected chi connectivity index (χ3v) is 5.86. The first-order valence-corrected chi connectivity index (χ1v) is 11.2. The van der Waals surface area contributed by atoms with Crippen LogP contribution in [0.2, 0.25) is 0 Å². The molecule has 0 radical (unpaired) electrons. The molecule has 3 rings (SSSR count). The molecule has 2 aromatic carbocycles. The van der Waals surface area contributed by atoms with E-state index in [1.807, 2.05) is 26.0 Å². The molecule has 0 fully saturated rings. The molecular weight excluding hydrogens is 382 g/mol. The molecule has 0 spiro atoms. The van der Waals surface area contributed by atoms with Gasteiger partial charge in [-0.3, -0.25) is 0 Å². The van der Waals surface area contributed by atoms with Crippen molar-refractivity contribution in [3.8, 4) is 23.1 Å². The summed E-state index contributed by atoms with van der Waals surface area (Å²) in [7, 11) is 0. The van der Waals surface area contributed by atoms with Crippen LogP contribution in [0.25, 0.3) is 11.1 Å². The van der Waals surface area contributed by atoms with Gasteiger partial charge in [0.25, 0.3) is 0 Å². The number of aromatic nitrogens is 2. The molecule has 162 valence electrons. The lowest BCUT2D eigenvalue weighted by Gasteiger charge is -2.26. The van der Waals surface area contributed by atoms with Gasteiger partial charge in [-0.1, -0.05) is 80.3 Å². The SMILES string of the molecule is CCCCCCc1ccc(-c2c(C#N)nn(C(C)(C)Cc3ccc(C)cc3)c2O)cc1. The van der Waals surface area contributed by atoms with Crippen LogP contribution in [0.3, 0.4) is 0 Å². The van der Waals surface area contributed by atoms with Gasteiger partial charge in [-0.2, -0.15) is 10.4 Å². The van der Waals surface area contributed by atoms with Gasteiger partial charge in [0, 0.05) is 0 Å². The minimum Gasteiger partial charge on any atom is -0.493 e. The predicted molar refractivity (Wildman–Crippen MR) is 126 cm³/mol. The molecule has 0 aliphatic rings. The fourth-order valence-corrected chi connectivity index (χ4v) is 4.05. The quantitative estimate of drug-likeness (QED) is 0.404. The van der Waals surface area contributed by atoms with E-state index in [1.165, 1.54) is 36.8 Å². The maximum absolute atomic E-state index is 11.1. The van der Waals surface area contributed by atoms with Crippen molar-refractivity contribution in [1.29, 1.82) is 5.26 Å². The Kier molecular flexibility index (Phi) is 7.17. The molecule has 1 heterocycles. The van der Waals surface area contributed by atoms with Crippen molar-refractivity contribution in [3.63, 3.8) is 0 Å². The summed E-state index contributed by atoms with van der Waals surface area (Å²) in [6.45, 7) is 8.35. The van der Waals surface area contributed by atoms with Gasteiger partial charge in [0.1, 0.15) is 6.07 Å². The molecule has 1 aromatic heterocycles. The van der Waals surface area contributed by atoms with Crippen LogP contribution in [0.5, 0.6) is 5.88 Å². The Morgan fingerprint density at radius 3 is 2.23 bits per heavy atom. The van der Waals surface area contributed by atoms with E-state index in [2.05, 4.69) is 61.4 Å². The van der Waals surface area contributed by atoms with E-state index < -0.39 is 5.54 Å². The second kappa shape index (κ2) is 9.83. The zero-order valence-electron chi connectivity index (χ0n) is 19.2. The van der Waals surface area contributed by atoms with E-state index in [-0.39, 0.29) is 11.6 Å². The van der Waals surface area contributed by atoms with Gasteiger partial charge >= 0.3 is 0 Å². The van der Waals surface area contributed by atoms with Crippen LogP contribution in [-0.2, 0) is 18.4 Å². The maximum Gasteiger partial charge on any atom is 0.219 e. The van der Waals surface area contributed by atoms with Gasteiger partial charge in [-0.15, -0.1) is 0 Å². The van der Waals surface area contributed by atoms with Crippen molar-refractivity contribution in [2.24, 2.45) is 0 Å². The van der Waals surface area contributed by atoms with E-state index in [9.17, 15) is 10.4 Å². The highest BCUT2D eigenvalue weighted by atomic mass is 16.3. The summed E-state index contributed by atoms with van der Waals surface area (Å²) in [6.07, 6.45) is 6.70. The highest BCUT2D eigenvalue weighted by Gasteiger charge is 2.29. The smallest absolute Gasteiger partial charge is 0.219 e. The Morgan fingerprint density at radius 2 is 1.61 bits per heavy atom. The topological polar surface area (TPSA) is 61.8 Å². The normalized spacial score (nSPS) is 11.5. The lowest BCUT2D eigenvalue weighted by atomic mass is 9.94. The van der Waals surface area contributed by atoms with Crippen LogP contribution < -0.4 is 0 Å². The minimum absolute atomic E-state index is 0.0457. The zero-order chi connectivity index (χ0) is 22.4. The van der Waals surface area contributed by atoms with Gasteiger partial charge in [0.05, 0.1) is 11.1 Å². The van der Waals surface area contributed by atoms with Crippen LogP contribution >= 0.6 is 0 Å². The van der Waals surface area contributed by atoms with Crippen LogP contribution in [0, 0.1) is 18.3 Å². The molecule has 0 aliphatic heterocycles. The van der Waals surface area contributed by atoms with E-state index in [0.717, 1.165) is 17.5 Å². The number of nitrogens with zero attached hydrogens (tertiary/aromatic N) is 3. The lowest BCUT2D eigenvalue weighted by molar-refractivity contribution is 0.270. The monoisotopic (exact) mass is 415 g/mol. The number of hydrogen-bond donors (Lipinski definition) is 1. The Labute approximate surface area is 186 Å². The Bertz CT molecular complexity index is 1040. The highest BCUT2D eigenvalue weighted by Crippen LogP contribution is 2.37. The molecule has 4 heteroatoms. The highest BCUT2D eigenvalue weighted by molar-refractivity contribution is 5.74. The Morgan fingerprint density at radius 1 is 0.968 bits per heavy atom. The molecule has 31 heavy (non-hydrogen) atoms. The molecule has 1 N–H and O–H groups in total. The molecule has 0 atom stereocenters. The second-order valence-corrected chi connectivity index (χ2v) is 9.05. The summed E-state index contributed by atoms with van der Waals surface area (Å²) in [5.41, 5.74) is 4.77. The summed E-state index contributed by atoms with van der Waals surface area (Å²) in [4.78, 5) is 0. The van der Waals surface area contributed by atoms with E-state index in [4.69, 9.17) is 0 Å². The first-order chi connectivity index (χ1) is 14.9. The molecule has 0 amide bonds. The number of unbranched alkanes of at least 4 members (excludes halogenated alkanes) is 3. The fraction of sp³-hybridized carbons (Fsp3) is 0.407. The standard InChI is InChI=1S/C27H33N3O/c1-5-6-7-8-9-21-14-16-23(17-15-21)25-24(19-28)29-30(26(25)31)27(3,4)18-22-12-10-20(2)11-13-22/h10-17,31H,5-9,18H2,1-4H3. The average molecular weight is 416 g/mol. The molecular formula is C27H33N3O.